The summed E-state index contributed by atoms with van der Waals surface area (Å²) >= 11 is 0. The Morgan fingerprint density at radius 1 is 0.533 bits per heavy atom. The molecule has 3 heteroatoms. The van der Waals surface area contributed by atoms with Crippen molar-refractivity contribution in [1.29, 1.82) is 0 Å². The van der Waals surface area contributed by atoms with Gasteiger partial charge in [-0.2, -0.15) is 0 Å². The van der Waals surface area contributed by atoms with Gasteiger partial charge in [0.15, 0.2) is 0 Å². The molecule has 9 rings (SSSR count). The number of hydrogen-bond donors (Lipinski definition) is 0. The van der Waals surface area contributed by atoms with Crippen LogP contribution < -0.4 is 4.90 Å². The van der Waals surface area contributed by atoms with Crippen molar-refractivity contribution in [2.24, 2.45) is 0 Å². The molecular formula is C42H26N2O. The van der Waals surface area contributed by atoms with Gasteiger partial charge in [-0.15, -0.1) is 0 Å². The lowest BCUT2D eigenvalue weighted by Gasteiger charge is -2.28. The van der Waals surface area contributed by atoms with Crippen molar-refractivity contribution >= 4 is 60.8 Å². The first-order chi connectivity index (χ1) is 22.3. The Labute approximate surface area is 260 Å². The van der Waals surface area contributed by atoms with E-state index in [-0.39, 0.29) is 0 Å². The van der Waals surface area contributed by atoms with Gasteiger partial charge in [0, 0.05) is 50.6 Å². The summed E-state index contributed by atoms with van der Waals surface area (Å²) in [6.07, 6.45) is 0. The number of rotatable bonds is 5. The Morgan fingerprint density at radius 3 is 2.09 bits per heavy atom. The molecule has 0 spiro atoms. The molecule has 0 amide bonds. The third-order valence-electron chi connectivity index (χ3n) is 8.65. The first-order valence-electron chi connectivity index (χ1n) is 15.1. The first-order valence-corrected chi connectivity index (χ1v) is 15.1. The number of fused-ring (bicyclic) bond motifs is 6. The summed E-state index contributed by atoms with van der Waals surface area (Å²) in [4.78, 5) is 2.35. The molecule has 2 aromatic heterocycles. The molecule has 45 heavy (non-hydrogen) atoms. The molecule has 9 aromatic rings. The highest BCUT2D eigenvalue weighted by Gasteiger charge is 2.25. The molecule has 7 aromatic carbocycles. The summed E-state index contributed by atoms with van der Waals surface area (Å²) in [7, 11) is 0. The molecule has 0 radical (unpaired) electrons. The monoisotopic (exact) mass is 574 g/mol. The quantitative estimate of drug-likeness (QED) is 0.204. The maximum Gasteiger partial charge on any atom is 0.137 e. The van der Waals surface area contributed by atoms with E-state index < -0.39 is 0 Å². The van der Waals surface area contributed by atoms with Crippen LogP contribution in [0.2, 0.25) is 0 Å². The molecule has 0 aliphatic carbocycles. The van der Waals surface area contributed by atoms with Crippen LogP contribution in [-0.4, -0.2) is 4.57 Å². The smallest absolute Gasteiger partial charge is 0.137 e. The zero-order valence-corrected chi connectivity index (χ0v) is 24.3. The number of benzene rings is 6. The first kappa shape index (κ1) is 25.3. The fourth-order valence-electron chi connectivity index (χ4n) is 6.72. The van der Waals surface area contributed by atoms with Gasteiger partial charge in [0.05, 0.1) is 22.4 Å². The van der Waals surface area contributed by atoms with E-state index in [2.05, 4.69) is 155 Å². The van der Waals surface area contributed by atoms with Crippen molar-refractivity contribution in [1.82, 2.24) is 4.57 Å². The minimum Gasteiger partial charge on any atom is -0.456 e. The van der Waals surface area contributed by atoms with Crippen LogP contribution in [0.25, 0.3) is 60.6 Å². The molecule has 0 aliphatic heterocycles. The Hall–Kier alpha value is -6.24. The van der Waals surface area contributed by atoms with Crippen LogP contribution in [0.3, 0.4) is 0 Å². The van der Waals surface area contributed by atoms with Crippen molar-refractivity contribution in [2.45, 2.75) is 0 Å². The van der Waals surface area contributed by atoms with Crippen LogP contribution >= 0.6 is 0 Å². The average molecular weight is 575 g/mol. The third-order valence-corrected chi connectivity index (χ3v) is 8.65. The predicted molar refractivity (Wildman–Crippen MR) is 186 cm³/mol. The summed E-state index contributed by atoms with van der Waals surface area (Å²) < 4.78 is 8.77. The highest BCUT2D eigenvalue weighted by molar-refractivity contribution is 6.20. The van der Waals surface area contributed by atoms with Crippen LogP contribution in [0.5, 0.6) is 0 Å². The summed E-state index contributed by atoms with van der Waals surface area (Å²) in [6, 6.07) is 61.6. The lowest BCUT2D eigenvalue weighted by Crippen LogP contribution is -2.11. The van der Waals surface area contributed by atoms with E-state index in [4.69, 9.17) is 4.42 Å². The lowest BCUT2D eigenvalue weighted by molar-refractivity contribution is 0.669. The van der Waals surface area contributed by atoms with Gasteiger partial charge in [0.1, 0.15) is 11.2 Å². The van der Waals surface area contributed by atoms with Gasteiger partial charge in [0.25, 0.3) is 0 Å². The summed E-state index contributed by atoms with van der Waals surface area (Å²) in [5.74, 6) is 0. The van der Waals surface area contributed by atoms with Gasteiger partial charge in [0.2, 0.25) is 0 Å². The summed E-state index contributed by atoms with van der Waals surface area (Å²) in [5, 5.41) is 4.58. The molecule has 0 unspecified atom stereocenters. The molecular weight excluding hydrogens is 548 g/mol. The van der Waals surface area contributed by atoms with E-state index in [1.54, 1.807) is 0 Å². The minimum absolute atomic E-state index is 0.852. The van der Waals surface area contributed by atoms with E-state index >= 15 is 0 Å². The SMILES string of the molecule is c1ccc(N(c2ccc3c(c2)oc2ccccc23)c2c(-c3ccccc3)ccc3c2c2ccccc2n3-c2ccccc2)cc#1. The maximum absolute atomic E-state index is 6.40. The van der Waals surface area contributed by atoms with Crippen molar-refractivity contribution in [3.8, 4) is 16.8 Å². The van der Waals surface area contributed by atoms with Crippen molar-refractivity contribution in [3.63, 3.8) is 0 Å². The molecule has 3 nitrogen and oxygen atoms in total. The van der Waals surface area contributed by atoms with E-state index in [0.717, 1.165) is 66.8 Å². The molecule has 210 valence electrons. The Balaban J connectivity index is 1.43. The topological polar surface area (TPSA) is 21.3 Å². The molecule has 0 atom stereocenters. The number of para-hydroxylation sites is 3. The van der Waals surface area contributed by atoms with Crippen molar-refractivity contribution in [2.75, 3.05) is 4.90 Å². The standard InChI is InChI=1S/C42H26N2O/c1-4-14-29(15-5-1)33-26-27-38-41(36-21-10-12-22-37(36)44(38)31-18-8-3-9-19-31)42(33)43(30-16-6-2-7-17-30)32-24-25-35-34-20-11-13-23-39(34)45-40(35)28-32/h1,3-6,8-28H. The third kappa shape index (κ3) is 4.01. The number of hydrogen-bond acceptors (Lipinski definition) is 2. The normalized spacial score (nSPS) is 11.4. The zero-order valence-electron chi connectivity index (χ0n) is 24.3. The highest BCUT2D eigenvalue weighted by Crippen LogP contribution is 2.49. The number of nitrogens with zero attached hydrogens (tertiary/aromatic N) is 2. The van der Waals surface area contributed by atoms with Gasteiger partial charge < -0.3 is 13.9 Å². The van der Waals surface area contributed by atoms with Gasteiger partial charge in [-0.1, -0.05) is 103 Å². The Kier molecular flexibility index (Phi) is 5.72. The molecule has 0 N–H and O–H groups in total. The Bertz CT molecular complexity index is 2470. The van der Waals surface area contributed by atoms with Crippen molar-refractivity contribution < 1.29 is 4.42 Å². The number of anilines is 3. The minimum atomic E-state index is 0.852. The molecule has 0 saturated heterocycles. The van der Waals surface area contributed by atoms with Gasteiger partial charge in [-0.05, 0) is 60.2 Å². The second kappa shape index (κ2) is 10.2. The average Bonchev–Trinajstić information content (AvgIpc) is 3.65. The number of furan rings is 1. The van der Waals surface area contributed by atoms with Crippen LogP contribution in [0.1, 0.15) is 0 Å². The highest BCUT2D eigenvalue weighted by atomic mass is 16.3. The second-order valence-electron chi connectivity index (χ2n) is 11.2. The van der Waals surface area contributed by atoms with Crippen LogP contribution in [0.15, 0.2) is 162 Å². The zero-order chi connectivity index (χ0) is 29.7. The molecule has 0 aliphatic rings. The predicted octanol–water partition coefficient (Wildman–Crippen LogP) is 11.4. The van der Waals surface area contributed by atoms with E-state index in [9.17, 15) is 0 Å². The van der Waals surface area contributed by atoms with Crippen LogP contribution in [0, 0.1) is 12.1 Å². The van der Waals surface area contributed by atoms with Crippen LogP contribution in [-0.2, 0) is 0 Å². The summed E-state index contributed by atoms with van der Waals surface area (Å²) in [5.41, 5.74) is 10.5. The maximum atomic E-state index is 6.40. The molecule has 0 bridgehead atoms. The Morgan fingerprint density at radius 2 is 1.27 bits per heavy atom. The van der Waals surface area contributed by atoms with Gasteiger partial charge >= 0.3 is 0 Å². The molecule has 0 fully saturated rings. The second-order valence-corrected chi connectivity index (χ2v) is 11.2. The molecule has 0 saturated carbocycles. The lowest BCUT2D eigenvalue weighted by atomic mass is 9.97. The fraction of sp³-hybridized carbons (Fsp3) is 0. The largest absolute Gasteiger partial charge is 0.456 e. The van der Waals surface area contributed by atoms with Gasteiger partial charge in [-0.25, -0.2) is 0 Å². The number of aromatic nitrogens is 1. The van der Waals surface area contributed by atoms with Crippen LogP contribution in [0.4, 0.5) is 17.1 Å². The van der Waals surface area contributed by atoms with E-state index in [1.807, 2.05) is 24.3 Å². The van der Waals surface area contributed by atoms with Crippen molar-refractivity contribution in [3.05, 3.63) is 170 Å². The van der Waals surface area contributed by atoms with E-state index in [1.165, 1.54) is 10.8 Å². The molecule has 2 heterocycles. The van der Waals surface area contributed by atoms with Gasteiger partial charge in [-0.3, -0.25) is 0 Å². The van der Waals surface area contributed by atoms with E-state index in [0.29, 0.717) is 0 Å². The fourth-order valence-corrected chi connectivity index (χ4v) is 6.72. The summed E-state index contributed by atoms with van der Waals surface area (Å²) in [6.45, 7) is 0.